The van der Waals surface area contributed by atoms with Gasteiger partial charge in [-0.15, -0.1) is 12.4 Å². The van der Waals surface area contributed by atoms with Crippen LogP contribution in [0.25, 0.3) is 5.52 Å². The van der Waals surface area contributed by atoms with Gasteiger partial charge in [0, 0.05) is 36.0 Å². The molecular formula is C16H20ClN3O. The summed E-state index contributed by atoms with van der Waals surface area (Å²) < 4.78 is 1.99. The van der Waals surface area contributed by atoms with Crippen molar-refractivity contribution in [2.45, 2.75) is 43.8 Å². The summed E-state index contributed by atoms with van der Waals surface area (Å²) in [6.45, 7) is 0. The third kappa shape index (κ3) is 2.78. The standard InChI is InChI=1S/C16H19N3O.ClH/c20-16(11-7-15-3-1-2-6-19(15)10-11)18-14-8-12-4-5-13(9-14)17-12;/h1-3,6-7,10,12-14,17H,4-5,8-9H2,(H,18,20);1H. The highest BCUT2D eigenvalue weighted by Crippen LogP contribution is 2.27. The van der Waals surface area contributed by atoms with Crippen molar-refractivity contribution in [1.82, 2.24) is 15.0 Å². The fourth-order valence-corrected chi connectivity index (χ4v) is 3.62. The number of amides is 1. The van der Waals surface area contributed by atoms with Gasteiger partial charge >= 0.3 is 0 Å². The summed E-state index contributed by atoms with van der Waals surface area (Å²) in [5.41, 5.74) is 1.81. The molecule has 2 aliphatic rings. The first-order valence-electron chi connectivity index (χ1n) is 7.41. The fourth-order valence-electron chi connectivity index (χ4n) is 3.62. The van der Waals surface area contributed by atoms with E-state index >= 15 is 0 Å². The monoisotopic (exact) mass is 305 g/mol. The van der Waals surface area contributed by atoms with Gasteiger partial charge in [-0.05, 0) is 43.9 Å². The van der Waals surface area contributed by atoms with Crippen molar-refractivity contribution in [1.29, 1.82) is 0 Å². The van der Waals surface area contributed by atoms with Crippen LogP contribution < -0.4 is 10.6 Å². The molecule has 2 aliphatic heterocycles. The molecule has 5 heteroatoms. The van der Waals surface area contributed by atoms with Crippen LogP contribution in [0.5, 0.6) is 0 Å². The van der Waals surface area contributed by atoms with Crippen LogP contribution in [-0.2, 0) is 0 Å². The number of rotatable bonds is 2. The molecule has 0 saturated carbocycles. The first kappa shape index (κ1) is 14.4. The van der Waals surface area contributed by atoms with Crippen LogP contribution in [-0.4, -0.2) is 28.4 Å². The molecule has 0 spiro atoms. The number of nitrogens with zero attached hydrogens (tertiary/aromatic N) is 1. The zero-order chi connectivity index (χ0) is 13.5. The summed E-state index contributed by atoms with van der Waals surface area (Å²) >= 11 is 0. The Hall–Kier alpha value is -1.52. The molecule has 2 saturated heterocycles. The van der Waals surface area contributed by atoms with Crippen molar-refractivity contribution in [3.8, 4) is 0 Å². The van der Waals surface area contributed by atoms with Gasteiger partial charge in [-0.3, -0.25) is 4.79 Å². The minimum atomic E-state index is 0. The highest BCUT2D eigenvalue weighted by Gasteiger charge is 2.34. The number of aromatic nitrogens is 1. The Balaban J connectivity index is 0.00000132. The van der Waals surface area contributed by atoms with E-state index in [-0.39, 0.29) is 18.3 Å². The lowest BCUT2D eigenvalue weighted by molar-refractivity contribution is 0.0924. The molecule has 21 heavy (non-hydrogen) atoms. The maximum atomic E-state index is 12.4. The van der Waals surface area contributed by atoms with Crippen LogP contribution in [0, 0.1) is 0 Å². The van der Waals surface area contributed by atoms with Gasteiger partial charge in [0.2, 0.25) is 0 Å². The van der Waals surface area contributed by atoms with Crippen molar-refractivity contribution in [2.75, 3.05) is 0 Å². The highest BCUT2D eigenvalue weighted by atomic mass is 35.5. The molecular weight excluding hydrogens is 286 g/mol. The normalized spacial score (nSPS) is 27.3. The Labute approximate surface area is 130 Å². The number of piperidine rings is 1. The van der Waals surface area contributed by atoms with Crippen molar-refractivity contribution >= 4 is 23.8 Å². The Kier molecular flexibility index (Phi) is 3.91. The van der Waals surface area contributed by atoms with Crippen LogP contribution in [0.4, 0.5) is 0 Å². The number of carbonyl (C=O) groups excluding carboxylic acids is 1. The third-order valence-corrected chi connectivity index (χ3v) is 4.57. The van der Waals surface area contributed by atoms with Gasteiger partial charge < -0.3 is 15.0 Å². The molecule has 0 aromatic carbocycles. The van der Waals surface area contributed by atoms with Gasteiger partial charge in [-0.2, -0.15) is 0 Å². The van der Waals surface area contributed by atoms with Crippen molar-refractivity contribution < 1.29 is 4.79 Å². The number of fused-ring (bicyclic) bond motifs is 3. The molecule has 2 bridgehead atoms. The second kappa shape index (κ2) is 5.70. The Morgan fingerprint density at radius 2 is 2.00 bits per heavy atom. The summed E-state index contributed by atoms with van der Waals surface area (Å²) in [5, 5.41) is 6.80. The molecule has 4 rings (SSSR count). The lowest BCUT2D eigenvalue weighted by Crippen LogP contribution is -2.47. The molecule has 2 fully saturated rings. The second-order valence-electron chi connectivity index (χ2n) is 6.04. The first-order chi connectivity index (χ1) is 9.78. The number of pyridine rings is 1. The van der Waals surface area contributed by atoms with Gasteiger partial charge in [-0.1, -0.05) is 6.07 Å². The summed E-state index contributed by atoms with van der Waals surface area (Å²) in [6.07, 6.45) is 8.52. The average molecular weight is 306 g/mol. The van der Waals surface area contributed by atoms with Crippen LogP contribution in [0.3, 0.4) is 0 Å². The number of nitrogens with one attached hydrogen (secondary N) is 2. The topological polar surface area (TPSA) is 45.5 Å². The molecule has 2 aromatic heterocycles. The molecule has 2 N–H and O–H groups in total. The molecule has 2 aromatic rings. The first-order valence-corrected chi connectivity index (χ1v) is 7.41. The zero-order valence-electron chi connectivity index (χ0n) is 11.8. The van der Waals surface area contributed by atoms with Crippen LogP contribution in [0.2, 0.25) is 0 Å². The molecule has 0 radical (unpaired) electrons. The van der Waals surface area contributed by atoms with E-state index in [0.717, 1.165) is 23.9 Å². The predicted molar refractivity (Wildman–Crippen MR) is 85.1 cm³/mol. The third-order valence-electron chi connectivity index (χ3n) is 4.57. The van der Waals surface area contributed by atoms with Crippen molar-refractivity contribution in [2.24, 2.45) is 0 Å². The predicted octanol–water partition coefficient (Wildman–Crippen LogP) is 2.37. The summed E-state index contributed by atoms with van der Waals surface area (Å²) in [6, 6.07) is 9.45. The van der Waals surface area contributed by atoms with E-state index in [0.29, 0.717) is 18.1 Å². The number of hydrogen-bond acceptors (Lipinski definition) is 2. The van der Waals surface area contributed by atoms with E-state index in [1.165, 1.54) is 12.8 Å². The second-order valence-corrected chi connectivity index (χ2v) is 6.04. The van der Waals surface area contributed by atoms with E-state index in [1.807, 2.05) is 41.1 Å². The summed E-state index contributed by atoms with van der Waals surface area (Å²) in [7, 11) is 0. The maximum absolute atomic E-state index is 12.4. The molecule has 2 atom stereocenters. The number of halogens is 1. The van der Waals surface area contributed by atoms with Crippen molar-refractivity contribution in [3.05, 3.63) is 42.2 Å². The highest BCUT2D eigenvalue weighted by molar-refractivity contribution is 5.95. The Morgan fingerprint density at radius 3 is 2.71 bits per heavy atom. The summed E-state index contributed by atoms with van der Waals surface area (Å²) in [4.78, 5) is 12.4. The molecule has 4 heterocycles. The van der Waals surface area contributed by atoms with E-state index in [2.05, 4.69) is 10.6 Å². The van der Waals surface area contributed by atoms with E-state index in [1.54, 1.807) is 0 Å². The van der Waals surface area contributed by atoms with Gasteiger partial charge in [0.15, 0.2) is 0 Å². The van der Waals surface area contributed by atoms with Crippen LogP contribution in [0.1, 0.15) is 36.0 Å². The lowest BCUT2D eigenvalue weighted by Gasteiger charge is -2.29. The quantitative estimate of drug-likeness (QED) is 0.895. The minimum Gasteiger partial charge on any atom is -0.349 e. The van der Waals surface area contributed by atoms with E-state index < -0.39 is 0 Å². The molecule has 1 amide bonds. The number of hydrogen-bond donors (Lipinski definition) is 2. The van der Waals surface area contributed by atoms with Crippen LogP contribution in [0.15, 0.2) is 36.7 Å². The van der Waals surface area contributed by atoms with Gasteiger partial charge in [0.05, 0.1) is 5.56 Å². The van der Waals surface area contributed by atoms with Crippen molar-refractivity contribution in [3.63, 3.8) is 0 Å². The van der Waals surface area contributed by atoms with E-state index in [9.17, 15) is 4.79 Å². The number of carbonyl (C=O) groups is 1. The molecule has 0 aliphatic carbocycles. The SMILES string of the molecule is Cl.O=C(NC1CC2CCC(C1)N2)c1cc2ccccn2c1. The fraction of sp³-hybridized carbons (Fsp3) is 0.438. The zero-order valence-corrected chi connectivity index (χ0v) is 12.6. The Morgan fingerprint density at radius 1 is 1.24 bits per heavy atom. The van der Waals surface area contributed by atoms with Gasteiger partial charge in [-0.25, -0.2) is 0 Å². The molecule has 4 nitrogen and oxygen atoms in total. The average Bonchev–Trinajstić information content (AvgIpc) is 3.02. The Bertz CT molecular complexity index is 609. The molecule has 2 unspecified atom stereocenters. The minimum absolute atomic E-state index is 0. The summed E-state index contributed by atoms with van der Waals surface area (Å²) in [5.74, 6) is 0.0556. The van der Waals surface area contributed by atoms with E-state index in [4.69, 9.17) is 0 Å². The van der Waals surface area contributed by atoms with Gasteiger partial charge in [0.25, 0.3) is 5.91 Å². The molecule has 112 valence electrons. The largest absolute Gasteiger partial charge is 0.349 e. The van der Waals surface area contributed by atoms with Gasteiger partial charge in [0.1, 0.15) is 0 Å². The maximum Gasteiger partial charge on any atom is 0.253 e. The van der Waals surface area contributed by atoms with Crippen LogP contribution >= 0.6 is 12.4 Å². The lowest BCUT2D eigenvalue weighted by atomic mass is 9.99. The smallest absolute Gasteiger partial charge is 0.253 e.